The average molecular weight is 304 g/mol. The monoisotopic (exact) mass is 304 g/mol. The van der Waals surface area contributed by atoms with Gasteiger partial charge < -0.3 is 4.90 Å². The molecule has 0 unspecified atom stereocenters. The quantitative estimate of drug-likeness (QED) is 0.944. The first-order valence-electron chi connectivity index (χ1n) is 6.67. The van der Waals surface area contributed by atoms with Crippen LogP contribution < -0.4 is 9.62 Å². The largest absolute Gasteiger partial charge is 0.377 e. The van der Waals surface area contributed by atoms with E-state index in [-0.39, 0.29) is 4.90 Å². The van der Waals surface area contributed by atoms with Crippen LogP contribution in [-0.4, -0.2) is 22.5 Å². The van der Waals surface area contributed by atoms with Crippen molar-refractivity contribution in [1.82, 2.24) is 0 Å². The molecule has 0 saturated carbocycles. The normalized spacial score (nSPS) is 11.2. The van der Waals surface area contributed by atoms with E-state index in [1.165, 1.54) is 0 Å². The van der Waals surface area contributed by atoms with Crippen LogP contribution in [0.15, 0.2) is 47.4 Å². The minimum atomic E-state index is -3.55. The van der Waals surface area contributed by atoms with Crippen LogP contribution in [0.5, 0.6) is 0 Å². The van der Waals surface area contributed by atoms with Gasteiger partial charge in [-0.15, -0.1) is 0 Å². The van der Waals surface area contributed by atoms with Crippen LogP contribution in [0.25, 0.3) is 0 Å². The van der Waals surface area contributed by atoms with Crippen molar-refractivity contribution in [3.8, 4) is 0 Å². The van der Waals surface area contributed by atoms with E-state index in [1.54, 1.807) is 30.3 Å². The van der Waals surface area contributed by atoms with Crippen molar-refractivity contribution in [3.63, 3.8) is 0 Å². The molecule has 0 fully saturated rings. The van der Waals surface area contributed by atoms with Gasteiger partial charge in [0.25, 0.3) is 10.0 Å². The first-order valence-corrected chi connectivity index (χ1v) is 8.15. The molecule has 2 aromatic rings. The fourth-order valence-corrected chi connectivity index (χ4v) is 3.14. The van der Waals surface area contributed by atoms with Crippen LogP contribution in [-0.2, 0) is 10.0 Å². The molecule has 0 bridgehead atoms. The Morgan fingerprint density at radius 3 is 2.14 bits per heavy atom. The lowest BCUT2D eigenvalue weighted by Gasteiger charge is -2.17. The summed E-state index contributed by atoms with van der Waals surface area (Å²) in [5, 5.41) is 0. The van der Waals surface area contributed by atoms with E-state index >= 15 is 0 Å². The topological polar surface area (TPSA) is 49.4 Å². The van der Waals surface area contributed by atoms with Crippen molar-refractivity contribution in [2.45, 2.75) is 18.7 Å². The van der Waals surface area contributed by atoms with Crippen LogP contribution in [0.3, 0.4) is 0 Å². The third-order valence-corrected chi connectivity index (χ3v) is 4.67. The second-order valence-electron chi connectivity index (χ2n) is 5.31. The smallest absolute Gasteiger partial charge is 0.261 e. The zero-order valence-electron chi connectivity index (χ0n) is 12.7. The third-order valence-electron chi connectivity index (χ3n) is 3.27. The minimum Gasteiger partial charge on any atom is -0.377 e. The maximum absolute atomic E-state index is 12.4. The van der Waals surface area contributed by atoms with Gasteiger partial charge in [0.1, 0.15) is 0 Å². The van der Waals surface area contributed by atoms with Crippen LogP contribution in [0.2, 0.25) is 0 Å². The van der Waals surface area contributed by atoms with Gasteiger partial charge in [-0.2, -0.15) is 0 Å². The SMILES string of the molecule is Cc1ccc(S(=O)(=O)Nc2ccc(C)c(N(C)C)c2)cc1. The number of sulfonamides is 1. The summed E-state index contributed by atoms with van der Waals surface area (Å²) in [4.78, 5) is 2.22. The Morgan fingerprint density at radius 2 is 1.57 bits per heavy atom. The number of nitrogens with one attached hydrogen (secondary N) is 1. The fourth-order valence-electron chi connectivity index (χ4n) is 2.09. The zero-order chi connectivity index (χ0) is 15.6. The summed E-state index contributed by atoms with van der Waals surface area (Å²) in [6.07, 6.45) is 0. The molecule has 1 N–H and O–H groups in total. The van der Waals surface area contributed by atoms with Gasteiger partial charge in [-0.3, -0.25) is 4.72 Å². The highest BCUT2D eigenvalue weighted by Crippen LogP contribution is 2.24. The van der Waals surface area contributed by atoms with Crippen molar-refractivity contribution in [2.75, 3.05) is 23.7 Å². The van der Waals surface area contributed by atoms with Gasteiger partial charge in [-0.1, -0.05) is 23.8 Å². The summed E-state index contributed by atoms with van der Waals surface area (Å²) in [6.45, 7) is 3.92. The van der Waals surface area contributed by atoms with E-state index in [2.05, 4.69) is 4.72 Å². The molecule has 112 valence electrons. The molecule has 0 heterocycles. The minimum absolute atomic E-state index is 0.264. The van der Waals surface area contributed by atoms with Gasteiger partial charge >= 0.3 is 0 Å². The fraction of sp³-hybridized carbons (Fsp3) is 0.250. The van der Waals surface area contributed by atoms with Crippen LogP contribution in [0.4, 0.5) is 11.4 Å². The first-order chi connectivity index (χ1) is 9.79. The molecule has 4 nitrogen and oxygen atoms in total. The molecule has 0 amide bonds. The Kier molecular flexibility index (Phi) is 4.23. The van der Waals surface area contributed by atoms with E-state index in [0.29, 0.717) is 5.69 Å². The first kappa shape index (κ1) is 15.4. The predicted octanol–water partition coefficient (Wildman–Crippen LogP) is 3.17. The van der Waals surface area contributed by atoms with E-state index in [0.717, 1.165) is 16.8 Å². The number of anilines is 2. The molecule has 0 aromatic heterocycles. The summed E-state index contributed by atoms with van der Waals surface area (Å²) in [5.74, 6) is 0. The van der Waals surface area contributed by atoms with Crippen molar-refractivity contribution in [2.24, 2.45) is 0 Å². The van der Waals surface area contributed by atoms with E-state index < -0.39 is 10.0 Å². The van der Waals surface area contributed by atoms with Gasteiger partial charge in [-0.05, 0) is 43.7 Å². The Balaban J connectivity index is 2.33. The highest BCUT2D eigenvalue weighted by Gasteiger charge is 2.14. The molecule has 0 aliphatic carbocycles. The standard InChI is InChI=1S/C16H20N2O2S/c1-12-5-9-15(10-6-12)21(19,20)17-14-8-7-13(2)16(11-14)18(3)4/h5-11,17H,1-4H3. The Labute approximate surface area is 126 Å². The molecule has 0 aliphatic rings. The second-order valence-corrected chi connectivity index (χ2v) is 7.00. The number of nitrogens with zero attached hydrogens (tertiary/aromatic N) is 1. The number of aryl methyl sites for hydroxylation is 2. The maximum Gasteiger partial charge on any atom is 0.261 e. The van der Waals surface area contributed by atoms with Gasteiger partial charge in [0.2, 0.25) is 0 Å². The van der Waals surface area contributed by atoms with E-state index in [1.807, 2.05) is 45.0 Å². The number of hydrogen-bond donors (Lipinski definition) is 1. The Bertz CT molecular complexity index is 735. The second kappa shape index (κ2) is 5.77. The lowest BCUT2D eigenvalue weighted by molar-refractivity contribution is 0.601. The van der Waals surface area contributed by atoms with Gasteiger partial charge in [0.05, 0.1) is 10.6 Å². The van der Waals surface area contributed by atoms with Crippen LogP contribution >= 0.6 is 0 Å². The molecule has 0 radical (unpaired) electrons. The molecular formula is C16H20N2O2S. The lowest BCUT2D eigenvalue weighted by atomic mass is 10.2. The summed E-state index contributed by atoms with van der Waals surface area (Å²) in [7, 11) is 0.308. The van der Waals surface area contributed by atoms with E-state index in [9.17, 15) is 8.42 Å². The van der Waals surface area contributed by atoms with E-state index in [4.69, 9.17) is 0 Å². The summed E-state index contributed by atoms with van der Waals surface area (Å²) >= 11 is 0. The Hall–Kier alpha value is -2.01. The zero-order valence-corrected chi connectivity index (χ0v) is 13.5. The van der Waals surface area contributed by atoms with Gasteiger partial charge in [0.15, 0.2) is 0 Å². The molecule has 0 spiro atoms. The molecule has 21 heavy (non-hydrogen) atoms. The maximum atomic E-state index is 12.4. The van der Waals surface area contributed by atoms with Crippen molar-refractivity contribution in [1.29, 1.82) is 0 Å². The molecular weight excluding hydrogens is 284 g/mol. The molecule has 0 saturated heterocycles. The van der Waals surface area contributed by atoms with Crippen molar-refractivity contribution in [3.05, 3.63) is 53.6 Å². The molecule has 2 aromatic carbocycles. The molecule has 5 heteroatoms. The van der Waals surface area contributed by atoms with Crippen LogP contribution in [0, 0.1) is 13.8 Å². The number of benzene rings is 2. The average Bonchev–Trinajstić information content (AvgIpc) is 2.41. The molecule has 0 atom stereocenters. The molecule has 0 aliphatic heterocycles. The van der Waals surface area contributed by atoms with Crippen LogP contribution in [0.1, 0.15) is 11.1 Å². The number of hydrogen-bond acceptors (Lipinski definition) is 3. The summed E-state index contributed by atoms with van der Waals surface area (Å²) in [6, 6.07) is 12.3. The van der Waals surface area contributed by atoms with Gasteiger partial charge in [-0.25, -0.2) is 8.42 Å². The van der Waals surface area contributed by atoms with Gasteiger partial charge in [0, 0.05) is 19.8 Å². The lowest BCUT2D eigenvalue weighted by Crippen LogP contribution is -2.14. The predicted molar refractivity (Wildman–Crippen MR) is 87.5 cm³/mol. The third kappa shape index (κ3) is 3.55. The van der Waals surface area contributed by atoms with Crippen molar-refractivity contribution < 1.29 is 8.42 Å². The summed E-state index contributed by atoms with van der Waals surface area (Å²) < 4.78 is 27.3. The summed E-state index contributed by atoms with van der Waals surface area (Å²) in [5.41, 5.74) is 3.67. The Morgan fingerprint density at radius 1 is 0.952 bits per heavy atom. The number of rotatable bonds is 4. The van der Waals surface area contributed by atoms with Crippen molar-refractivity contribution >= 4 is 21.4 Å². The molecule has 2 rings (SSSR count). The highest BCUT2D eigenvalue weighted by molar-refractivity contribution is 7.92. The highest BCUT2D eigenvalue weighted by atomic mass is 32.2.